The molecule has 2 saturated heterocycles. The summed E-state index contributed by atoms with van der Waals surface area (Å²) >= 11 is 0. The number of ketones is 11. The Morgan fingerprint density at radius 3 is 0.973 bits per heavy atom. The lowest BCUT2D eigenvalue weighted by Gasteiger charge is -2.23. The second-order valence-corrected chi connectivity index (χ2v) is 15.8. The molecule has 2 rings (SSSR count). The number of hydroxylamine groups is 4. The summed E-state index contributed by atoms with van der Waals surface area (Å²) in [6.07, 6.45) is 0.120. The Bertz CT molecular complexity index is 1940. The van der Waals surface area contributed by atoms with Crippen LogP contribution in [0.1, 0.15) is 115 Å². The minimum atomic E-state index is -2.25. The van der Waals surface area contributed by atoms with Crippen LogP contribution in [0.2, 0.25) is 0 Å². The standard InChI is InChI=1S/C25H37NO13.C9H12O4.C7H10O3.C6H7NO4/c1-18(27)25(19(2)28,20(3)29)21(30)6-8-34-10-11-35-12-13-36-14-15-37-16-17-38-24(33)7-9-39-26-22(31)4-5-23(26)32;1-5(10)9(6(2)11,7(3)12)8(4)13;1-4(8)7(5(2)9)6(3)10;1-4(8)11-7-5(9)2-3-6(7)10/h4-17H2,1-3H3;1-4H3;7H,1-3H3;2-3H2,1H3. The fourth-order valence-electron chi connectivity index (χ4n) is 6.79. The number of hydrogen-bond donors (Lipinski definition) is 0. The van der Waals surface area contributed by atoms with E-state index in [1.165, 1.54) is 20.8 Å². The molecule has 0 spiro atoms. The maximum atomic E-state index is 12.4. The highest BCUT2D eigenvalue weighted by Gasteiger charge is 2.52. The number of amides is 4. The first-order chi connectivity index (χ1) is 33.9. The van der Waals surface area contributed by atoms with E-state index in [2.05, 4.69) is 4.84 Å². The zero-order valence-corrected chi connectivity index (χ0v) is 43.1. The number of carbonyl (C=O) groups is 17. The molecule has 0 aromatic rings. The number of esters is 1. The number of ether oxygens (including phenoxy) is 5. The van der Waals surface area contributed by atoms with E-state index in [-0.39, 0.29) is 102 Å². The van der Waals surface area contributed by atoms with Gasteiger partial charge in [0.15, 0.2) is 46.3 Å². The van der Waals surface area contributed by atoms with Crippen LogP contribution in [-0.2, 0) is 115 Å². The number of hydrogen-bond acceptors (Lipinski definition) is 24. The Balaban J connectivity index is 0. The van der Waals surface area contributed by atoms with Gasteiger partial charge in [-0.1, -0.05) is 0 Å². The molecular weight excluding hydrogens is 977 g/mol. The average Bonchev–Trinajstić information content (AvgIpc) is 3.75. The Hall–Kier alpha value is -6.61. The number of nitrogens with zero attached hydrogens (tertiary/aromatic N) is 2. The van der Waals surface area contributed by atoms with E-state index in [0.29, 0.717) is 29.9 Å². The van der Waals surface area contributed by atoms with Crippen LogP contribution in [-0.4, -0.2) is 175 Å². The predicted molar refractivity (Wildman–Crippen MR) is 244 cm³/mol. The van der Waals surface area contributed by atoms with Gasteiger partial charge < -0.3 is 28.5 Å². The van der Waals surface area contributed by atoms with Crippen molar-refractivity contribution in [3.8, 4) is 0 Å². The molecule has 0 aromatic carbocycles. The van der Waals surface area contributed by atoms with Gasteiger partial charge in [0.2, 0.25) is 10.8 Å². The third kappa shape index (κ3) is 22.8. The predicted octanol–water partition coefficient (Wildman–Crippen LogP) is 0.0912. The zero-order valence-electron chi connectivity index (χ0n) is 43.1. The Morgan fingerprint density at radius 2 is 0.699 bits per heavy atom. The molecule has 2 heterocycles. The molecule has 408 valence electrons. The Kier molecular flexibility index (Phi) is 32.5. The SMILES string of the molecule is CC(=O)C(C(C)=O)(C(C)=O)C(=O)CCOCCOCCOCCOCCOC(=O)CCON1C(=O)CCC1=O.CC(=O)C(C(C)=O)(C(C)=O)C(C)=O.CC(=O)C(C(C)=O)C(C)=O.CC(=O)ON1C(=O)CCC1=O. The van der Waals surface area contributed by atoms with E-state index in [1.807, 2.05) is 0 Å². The average molecular weight is 1040 g/mol. The minimum Gasteiger partial charge on any atom is -0.463 e. The van der Waals surface area contributed by atoms with Crippen molar-refractivity contribution in [1.82, 2.24) is 10.1 Å². The van der Waals surface area contributed by atoms with Gasteiger partial charge >= 0.3 is 11.9 Å². The van der Waals surface area contributed by atoms with Crippen LogP contribution < -0.4 is 0 Å². The van der Waals surface area contributed by atoms with Crippen molar-refractivity contribution in [3.63, 3.8) is 0 Å². The lowest BCUT2D eigenvalue weighted by Crippen LogP contribution is -2.50. The number of carbonyl (C=O) groups excluding carboxylic acids is 17. The molecular formula is C47H66N2O24. The van der Waals surface area contributed by atoms with E-state index >= 15 is 0 Å². The molecule has 4 amide bonds. The van der Waals surface area contributed by atoms with Crippen molar-refractivity contribution in [3.05, 3.63) is 0 Å². The van der Waals surface area contributed by atoms with Crippen molar-refractivity contribution >= 4 is 99.2 Å². The van der Waals surface area contributed by atoms with E-state index < -0.39 is 98.6 Å². The van der Waals surface area contributed by atoms with Gasteiger partial charge in [-0.2, -0.15) is 5.06 Å². The first-order valence-corrected chi connectivity index (χ1v) is 22.5. The zero-order chi connectivity index (χ0) is 56.8. The van der Waals surface area contributed by atoms with Crippen molar-refractivity contribution in [2.24, 2.45) is 16.7 Å². The fourth-order valence-corrected chi connectivity index (χ4v) is 6.79. The first kappa shape index (κ1) is 68.5. The van der Waals surface area contributed by atoms with Gasteiger partial charge in [0.1, 0.15) is 29.9 Å². The van der Waals surface area contributed by atoms with Crippen molar-refractivity contribution in [1.29, 1.82) is 0 Å². The quantitative estimate of drug-likeness (QED) is 0.0384. The van der Waals surface area contributed by atoms with Gasteiger partial charge in [0.25, 0.3) is 23.6 Å². The second-order valence-electron chi connectivity index (χ2n) is 15.8. The van der Waals surface area contributed by atoms with Crippen LogP contribution in [0.3, 0.4) is 0 Å². The molecule has 0 saturated carbocycles. The maximum Gasteiger partial charge on any atom is 0.330 e. The summed E-state index contributed by atoms with van der Waals surface area (Å²) in [4.78, 5) is 200. The largest absolute Gasteiger partial charge is 0.463 e. The summed E-state index contributed by atoms with van der Waals surface area (Å²) in [6, 6.07) is 0. The summed E-state index contributed by atoms with van der Waals surface area (Å²) in [5.74, 6) is -11.1. The van der Waals surface area contributed by atoms with Crippen LogP contribution >= 0.6 is 0 Å². The molecule has 0 aliphatic carbocycles. The molecule has 26 nitrogen and oxygen atoms in total. The van der Waals surface area contributed by atoms with Crippen LogP contribution in [0.15, 0.2) is 0 Å². The van der Waals surface area contributed by atoms with Gasteiger partial charge in [-0.15, -0.1) is 5.06 Å². The molecule has 0 bridgehead atoms. The van der Waals surface area contributed by atoms with Gasteiger partial charge in [-0.25, -0.2) is 4.79 Å². The molecule has 73 heavy (non-hydrogen) atoms. The molecule has 0 atom stereocenters. The first-order valence-electron chi connectivity index (χ1n) is 22.5. The van der Waals surface area contributed by atoms with Gasteiger partial charge in [0, 0.05) is 39.0 Å². The number of rotatable bonds is 31. The minimum absolute atomic E-state index is 0.0361. The van der Waals surface area contributed by atoms with Crippen LogP contribution in [0.25, 0.3) is 0 Å². The van der Waals surface area contributed by atoms with Crippen LogP contribution in [0, 0.1) is 16.7 Å². The van der Waals surface area contributed by atoms with Crippen LogP contribution in [0.5, 0.6) is 0 Å². The van der Waals surface area contributed by atoms with Crippen LogP contribution in [0.4, 0.5) is 0 Å². The van der Waals surface area contributed by atoms with Crippen molar-refractivity contribution < 1.29 is 115 Å². The molecule has 0 N–H and O–H groups in total. The lowest BCUT2D eigenvalue weighted by molar-refractivity contribution is -0.195. The molecule has 2 aliphatic heterocycles. The third-order valence-corrected chi connectivity index (χ3v) is 10.2. The summed E-state index contributed by atoms with van der Waals surface area (Å²) in [6.45, 7) is 13.9. The van der Waals surface area contributed by atoms with E-state index in [4.69, 9.17) is 28.5 Å². The number of Topliss-reactive ketones (excluding diaryl/α,β-unsaturated/α-hetero) is 11. The molecule has 0 radical (unpaired) electrons. The highest BCUT2D eigenvalue weighted by atomic mass is 16.7. The van der Waals surface area contributed by atoms with Crippen molar-refractivity contribution in [2.75, 3.05) is 66.1 Å². The monoisotopic (exact) mass is 1040 g/mol. The summed E-state index contributed by atoms with van der Waals surface area (Å²) in [5.41, 5.74) is -4.30. The molecule has 2 fully saturated rings. The highest BCUT2D eigenvalue weighted by molar-refractivity contribution is 6.38. The summed E-state index contributed by atoms with van der Waals surface area (Å²) in [7, 11) is 0. The van der Waals surface area contributed by atoms with Gasteiger partial charge in [0.05, 0.1) is 65.9 Å². The maximum absolute atomic E-state index is 12.4. The fraction of sp³-hybridized carbons (Fsp3) is 0.638. The lowest BCUT2D eigenvalue weighted by atomic mass is 9.72. The summed E-state index contributed by atoms with van der Waals surface area (Å²) < 4.78 is 26.2. The summed E-state index contributed by atoms with van der Waals surface area (Å²) in [5, 5.41) is 1.19. The molecule has 2 aliphatic rings. The topological polar surface area (TPSA) is 361 Å². The highest BCUT2D eigenvalue weighted by Crippen LogP contribution is 2.25. The smallest absolute Gasteiger partial charge is 0.330 e. The molecule has 26 heteroatoms. The Labute approximate surface area is 421 Å². The van der Waals surface area contributed by atoms with E-state index in [0.717, 1.165) is 55.4 Å². The van der Waals surface area contributed by atoms with E-state index in [9.17, 15) is 81.5 Å². The molecule has 0 aromatic heterocycles. The van der Waals surface area contributed by atoms with Gasteiger partial charge in [-0.3, -0.25) is 81.6 Å². The normalized spacial score (nSPS) is 13.1. The van der Waals surface area contributed by atoms with Crippen molar-refractivity contribution in [2.45, 2.75) is 115 Å². The molecule has 0 unspecified atom stereocenters. The Morgan fingerprint density at radius 1 is 0.397 bits per heavy atom. The van der Waals surface area contributed by atoms with Gasteiger partial charge in [-0.05, 0) is 69.2 Å². The third-order valence-electron chi connectivity index (χ3n) is 10.2. The van der Waals surface area contributed by atoms with E-state index in [1.54, 1.807) is 0 Å². The number of imide groups is 2. The second kappa shape index (κ2) is 34.7.